The number of hydrogen-bond donors (Lipinski definition) is 1. The van der Waals surface area contributed by atoms with Crippen molar-refractivity contribution in [2.75, 3.05) is 0 Å². The van der Waals surface area contributed by atoms with Crippen molar-refractivity contribution in [3.05, 3.63) is 71.5 Å². The molecular formula is C20H17N5O2. The summed E-state index contributed by atoms with van der Waals surface area (Å²) in [6.07, 6.45) is 1.60. The van der Waals surface area contributed by atoms with Crippen molar-refractivity contribution in [3.8, 4) is 5.88 Å². The molecule has 0 radical (unpaired) electrons. The third kappa shape index (κ3) is 2.69. The molecule has 0 fully saturated rings. The zero-order chi connectivity index (χ0) is 19.0. The van der Waals surface area contributed by atoms with Crippen molar-refractivity contribution >= 4 is 33.4 Å². The lowest BCUT2D eigenvalue weighted by Gasteiger charge is -2.07. The van der Waals surface area contributed by atoms with Gasteiger partial charge in [-0.2, -0.15) is 0 Å². The third-order valence-corrected chi connectivity index (χ3v) is 4.44. The first kappa shape index (κ1) is 16.7. The minimum atomic E-state index is -0.211. The van der Waals surface area contributed by atoms with Crippen LogP contribution in [0.4, 0.5) is 11.6 Å². The summed E-state index contributed by atoms with van der Waals surface area (Å²) >= 11 is 0. The van der Waals surface area contributed by atoms with Gasteiger partial charge in [-0.1, -0.05) is 36.4 Å². The van der Waals surface area contributed by atoms with Crippen LogP contribution in [0.5, 0.6) is 5.88 Å². The lowest BCUT2D eigenvalue weighted by Crippen LogP contribution is -2.20. The van der Waals surface area contributed by atoms with Crippen molar-refractivity contribution in [3.63, 3.8) is 0 Å². The maximum Gasteiger partial charge on any atom is 0.263 e. The fourth-order valence-electron chi connectivity index (χ4n) is 3.08. The number of azo groups is 1. The molecule has 0 spiro atoms. The zero-order valence-electron chi connectivity index (χ0n) is 14.7. The molecule has 0 aliphatic heterocycles. The summed E-state index contributed by atoms with van der Waals surface area (Å²) in [4.78, 5) is 17.2. The number of rotatable bonds is 4. The van der Waals surface area contributed by atoms with Gasteiger partial charge in [0.25, 0.3) is 11.5 Å². The number of fused-ring (bicyclic) bond motifs is 2. The van der Waals surface area contributed by atoms with Gasteiger partial charge in [-0.15, -0.1) is 16.8 Å². The number of hydrogen-bond acceptors (Lipinski definition) is 5. The minimum Gasteiger partial charge on any atom is -0.493 e. The highest BCUT2D eigenvalue weighted by atomic mass is 16.3. The molecule has 2 heterocycles. The molecule has 0 unspecified atom stereocenters. The molecule has 0 bridgehead atoms. The van der Waals surface area contributed by atoms with Crippen LogP contribution in [0.25, 0.3) is 21.8 Å². The van der Waals surface area contributed by atoms with Gasteiger partial charge in [-0.05, 0) is 18.2 Å². The summed E-state index contributed by atoms with van der Waals surface area (Å²) in [5, 5.41) is 20.1. The van der Waals surface area contributed by atoms with Gasteiger partial charge >= 0.3 is 0 Å². The first-order valence-electron chi connectivity index (χ1n) is 8.40. The predicted molar refractivity (Wildman–Crippen MR) is 105 cm³/mol. The second-order valence-electron chi connectivity index (χ2n) is 6.08. The van der Waals surface area contributed by atoms with Gasteiger partial charge in [-0.25, -0.2) is 4.98 Å². The first-order valence-corrected chi connectivity index (χ1v) is 8.40. The number of benzene rings is 2. The maximum atomic E-state index is 12.8. The Kier molecular flexibility index (Phi) is 4.04. The Bertz CT molecular complexity index is 1270. The van der Waals surface area contributed by atoms with E-state index in [1.807, 2.05) is 30.3 Å². The number of allylic oxidation sites excluding steroid dienone is 1. The lowest BCUT2D eigenvalue weighted by atomic mass is 10.2. The van der Waals surface area contributed by atoms with E-state index in [1.165, 1.54) is 4.57 Å². The molecule has 7 heteroatoms. The van der Waals surface area contributed by atoms with Crippen molar-refractivity contribution in [2.45, 2.75) is 6.54 Å². The molecule has 0 aliphatic carbocycles. The molecule has 2 aromatic carbocycles. The van der Waals surface area contributed by atoms with Gasteiger partial charge in [0.2, 0.25) is 5.88 Å². The molecule has 134 valence electrons. The highest BCUT2D eigenvalue weighted by Gasteiger charge is 2.15. The fourth-order valence-corrected chi connectivity index (χ4v) is 3.08. The van der Waals surface area contributed by atoms with Crippen LogP contribution >= 0.6 is 0 Å². The van der Waals surface area contributed by atoms with Crippen LogP contribution in [0, 0.1) is 0 Å². The van der Waals surface area contributed by atoms with E-state index in [0.717, 1.165) is 10.9 Å². The van der Waals surface area contributed by atoms with Crippen LogP contribution in [0.15, 0.2) is 76.2 Å². The van der Waals surface area contributed by atoms with Gasteiger partial charge < -0.3 is 9.67 Å². The van der Waals surface area contributed by atoms with Gasteiger partial charge in [0, 0.05) is 19.0 Å². The van der Waals surface area contributed by atoms with E-state index in [2.05, 4.69) is 21.8 Å². The molecular weight excluding hydrogens is 342 g/mol. The predicted octanol–water partition coefficient (Wildman–Crippen LogP) is 4.20. The van der Waals surface area contributed by atoms with Crippen LogP contribution in [-0.4, -0.2) is 19.2 Å². The van der Waals surface area contributed by atoms with Gasteiger partial charge in [0.15, 0.2) is 5.69 Å². The van der Waals surface area contributed by atoms with Crippen LogP contribution in [0.2, 0.25) is 0 Å². The van der Waals surface area contributed by atoms with E-state index in [-0.39, 0.29) is 23.9 Å². The van der Waals surface area contributed by atoms with Crippen LogP contribution in [-0.2, 0) is 13.6 Å². The Morgan fingerprint density at radius 2 is 1.81 bits per heavy atom. The Morgan fingerprint density at radius 1 is 1.11 bits per heavy atom. The molecule has 0 amide bonds. The summed E-state index contributed by atoms with van der Waals surface area (Å²) < 4.78 is 3.04. The lowest BCUT2D eigenvalue weighted by molar-refractivity contribution is 0.436. The Labute approximate surface area is 154 Å². The van der Waals surface area contributed by atoms with E-state index in [9.17, 15) is 9.90 Å². The van der Waals surface area contributed by atoms with Crippen LogP contribution in [0.3, 0.4) is 0 Å². The van der Waals surface area contributed by atoms with Crippen molar-refractivity contribution in [2.24, 2.45) is 17.3 Å². The molecule has 0 aliphatic rings. The van der Waals surface area contributed by atoms with E-state index in [1.54, 1.807) is 35.9 Å². The minimum absolute atomic E-state index is 0.00152. The quantitative estimate of drug-likeness (QED) is 0.438. The second kappa shape index (κ2) is 6.53. The molecule has 4 rings (SSSR count). The second-order valence-corrected chi connectivity index (χ2v) is 6.08. The van der Waals surface area contributed by atoms with E-state index in [0.29, 0.717) is 16.6 Å². The largest absolute Gasteiger partial charge is 0.493 e. The maximum absolute atomic E-state index is 12.8. The Balaban J connectivity index is 1.91. The van der Waals surface area contributed by atoms with E-state index < -0.39 is 0 Å². The average Bonchev–Trinajstić information content (AvgIpc) is 2.93. The zero-order valence-corrected chi connectivity index (χ0v) is 14.7. The van der Waals surface area contributed by atoms with Crippen LogP contribution in [0.1, 0.15) is 0 Å². The summed E-state index contributed by atoms with van der Waals surface area (Å²) in [6, 6.07) is 14.6. The summed E-state index contributed by atoms with van der Waals surface area (Å²) in [5.74, 6) is 0.157. The highest BCUT2D eigenvalue weighted by molar-refractivity contribution is 5.94. The number of aromatic hydroxyl groups is 1. The molecule has 1 N–H and O–H groups in total. The van der Waals surface area contributed by atoms with Crippen molar-refractivity contribution in [1.29, 1.82) is 0 Å². The molecule has 0 atom stereocenters. The van der Waals surface area contributed by atoms with Gasteiger partial charge in [-0.3, -0.25) is 9.36 Å². The third-order valence-electron chi connectivity index (χ3n) is 4.44. The normalized spacial score (nSPS) is 11.6. The van der Waals surface area contributed by atoms with E-state index in [4.69, 9.17) is 0 Å². The summed E-state index contributed by atoms with van der Waals surface area (Å²) in [7, 11) is 1.75. The molecule has 0 saturated carbocycles. The van der Waals surface area contributed by atoms with E-state index >= 15 is 0 Å². The van der Waals surface area contributed by atoms with Crippen molar-refractivity contribution in [1.82, 2.24) is 14.1 Å². The highest BCUT2D eigenvalue weighted by Crippen LogP contribution is 2.38. The summed E-state index contributed by atoms with van der Waals surface area (Å²) in [6.45, 7) is 3.95. The SMILES string of the molecule is C=CCn1c(N=Nc2c(O)n(C)c3ccccc23)nc2ccccc2c1=O. The average molecular weight is 359 g/mol. The topological polar surface area (TPSA) is 84.8 Å². The molecule has 4 aromatic rings. The standard InChI is InChI=1S/C20H17N5O2/c1-3-12-25-18(26)13-8-4-6-10-15(13)21-20(25)23-22-17-14-9-5-7-11-16(14)24(2)19(17)27/h3-11,27H,1,12H2,2H3. The molecule has 7 nitrogen and oxygen atoms in total. The van der Waals surface area contributed by atoms with Gasteiger partial charge in [0.05, 0.1) is 16.4 Å². The van der Waals surface area contributed by atoms with Gasteiger partial charge in [0.1, 0.15) is 0 Å². The molecule has 27 heavy (non-hydrogen) atoms. The molecule has 0 saturated heterocycles. The van der Waals surface area contributed by atoms with Crippen molar-refractivity contribution < 1.29 is 5.11 Å². The fraction of sp³-hybridized carbons (Fsp3) is 0.100. The Morgan fingerprint density at radius 3 is 2.59 bits per heavy atom. The van der Waals surface area contributed by atoms with Crippen LogP contribution < -0.4 is 5.56 Å². The smallest absolute Gasteiger partial charge is 0.263 e. The number of para-hydroxylation sites is 2. The number of nitrogens with zero attached hydrogens (tertiary/aromatic N) is 5. The Hall–Kier alpha value is -3.74. The number of aromatic nitrogens is 3. The monoisotopic (exact) mass is 359 g/mol. The molecule has 2 aromatic heterocycles. The first-order chi connectivity index (χ1) is 13.1. The summed E-state index contributed by atoms with van der Waals surface area (Å²) in [5.41, 5.74) is 1.50. The number of aryl methyl sites for hydroxylation is 1.